The summed E-state index contributed by atoms with van der Waals surface area (Å²) < 4.78 is 7.25. The third-order valence-corrected chi connectivity index (χ3v) is 4.48. The largest absolute Gasteiger partial charge is 0.383 e. The second-order valence-electron chi connectivity index (χ2n) is 6.11. The number of ether oxygens (including phenoxy) is 1. The van der Waals surface area contributed by atoms with Crippen LogP contribution in [-0.4, -0.2) is 52.1 Å². The van der Waals surface area contributed by atoms with Crippen molar-refractivity contribution >= 4 is 5.91 Å². The number of rotatable bonds is 5. The molecule has 0 bridgehead atoms. The molecule has 0 saturated carbocycles. The number of hydrogen-bond donors (Lipinski definition) is 0. The van der Waals surface area contributed by atoms with E-state index in [0.29, 0.717) is 24.4 Å². The maximum Gasteiger partial charge on any atom is 0.255 e. The van der Waals surface area contributed by atoms with Crippen LogP contribution in [0.4, 0.5) is 0 Å². The van der Waals surface area contributed by atoms with Crippen LogP contribution >= 0.6 is 0 Å². The molecule has 1 atom stereocenters. The topological polar surface area (TPSA) is 84.0 Å². The molecular formula is C18H21N5O2. The lowest BCUT2D eigenvalue weighted by atomic mass is 9.96. The Hall–Kier alpha value is -2.72. The van der Waals surface area contributed by atoms with Crippen LogP contribution in [0.3, 0.4) is 0 Å². The van der Waals surface area contributed by atoms with Gasteiger partial charge < -0.3 is 14.2 Å². The average Bonchev–Trinajstić information content (AvgIpc) is 3.14. The van der Waals surface area contributed by atoms with Crippen molar-refractivity contribution in [1.29, 1.82) is 5.26 Å². The van der Waals surface area contributed by atoms with E-state index in [9.17, 15) is 4.79 Å². The summed E-state index contributed by atoms with van der Waals surface area (Å²) in [7, 11) is 1.68. The molecule has 0 aliphatic carbocycles. The highest BCUT2D eigenvalue weighted by Crippen LogP contribution is 2.26. The number of pyridine rings is 1. The molecule has 130 valence electrons. The second kappa shape index (κ2) is 7.90. The van der Waals surface area contributed by atoms with Gasteiger partial charge in [-0.25, -0.2) is 9.97 Å². The minimum Gasteiger partial charge on any atom is -0.383 e. The first-order valence-electron chi connectivity index (χ1n) is 8.38. The highest BCUT2D eigenvalue weighted by molar-refractivity contribution is 5.94. The minimum atomic E-state index is -0.0447. The fourth-order valence-electron chi connectivity index (χ4n) is 3.20. The molecule has 1 aliphatic rings. The van der Waals surface area contributed by atoms with Crippen LogP contribution in [0.2, 0.25) is 0 Å². The van der Waals surface area contributed by atoms with E-state index in [1.807, 2.05) is 17.2 Å². The SMILES string of the molecule is COCCn1ccnc1[C@H]1CCCN(C(=O)c2ccc(C#N)nc2)C1. The van der Waals surface area contributed by atoms with E-state index in [2.05, 4.69) is 14.5 Å². The van der Waals surface area contributed by atoms with Crippen LogP contribution in [0, 0.1) is 11.3 Å². The standard InChI is InChI=1S/C18H21N5O2/c1-25-10-9-22-8-6-20-17(22)15-3-2-7-23(13-15)18(24)14-4-5-16(11-19)21-12-14/h4-6,8,12,15H,2-3,7,9-10,13H2,1H3/t15-/m0/s1. The van der Waals surface area contributed by atoms with Crippen molar-refractivity contribution in [2.24, 2.45) is 0 Å². The number of methoxy groups -OCH3 is 1. The number of hydrogen-bond acceptors (Lipinski definition) is 5. The summed E-state index contributed by atoms with van der Waals surface area (Å²) in [5.41, 5.74) is 0.829. The molecule has 0 unspecified atom stereocenters. The molecule has 3 heterocycles. The van der Waals surface area contributed by atoms with Crippen molar-refractivity contribution in [3.05, 3.63) is 47.8 Å². The van der Waals surface area contributed by atoms with Crippen LogP contribution < -0.4 is 0 Å². The molecule has 3 rings (SSSR count). The third-order valence-electron chi connectivity index (χ3n) is 4.48. The first kappa shape index (κ1) is 17.1. The summed E-state index contributed by atoms with van der Waals surface area (Å²) in [6.45, 7) is 2.77. The van der Waals surface area contributed by atoms with E-state index in [1.54, 1.807) is 25.4 Å². The molecule has 0 N–H and O–H groups in total. The Morgan fingerprint density at radius 3 is 3.04 bits per heavy atom. The van der Waals surface area contributed by atoms with Crippen LogP contribution in [0.25, 0.3) is 0 Å². The summed E-state index contributed by atoms with van der Waals surface area (Å²) in [6, 6.07) is 5.20. The maximum absolute atomic E-state index is 12.7. The zero-order valence-electron chi connectivity index (χ0n) is 14.3. The second-order valence-corrected chi connectivity index (χ2v) is 6.11. The van der Waals surface area contributed by atoms with Crippen molar-refractivity contribution in [3.63, 3.8) is 0 Å². The molecule has 1 amide bonds. The first-order chi connectivity index (χ1) is 12.2. The fourth-order valence-corrected chi connectivity index (χ4v) is 3.20. The van der Waals surface area contributed by atoms with Gasteiger partial charge in [-0.15, -0.1) is 0 Å². The number of piperidine rings is 1. The van der Waals surface area contributed by atoms with E-state index < -0.39 is 0 Å². The van der Waals surface area contributed by atoms with Gasteiger partial charge in [-0.1, -0.05) is 0 Å². The minimum absolute atomic E-state index is 0.0447. The predicted molar refractivity (Wildman–Crippen MR) is 90.9 cm³/mol. The Morgan fingerprint density at radius 2 is 2.32 bits per heavy atom. The van der Waals surface area contributed by atoms with Gasteiger partial charge in [0.25, 0.3) is 5.91 Å². The summed E-state index contributed by atoms with van der Waals surface area (Å²) in [5.74, 6) is 1.18. The third kappa shape index (κ3) is 3.86. The van der Waals surface area contributed by atoms with Crippen LogP contribution in [0.5, 0.6) is 0 Å². The van der Waals surface area contributed by atoms with Gasteiger partial charge in [-0.2, -0.15) is 5.26 Å². The zero-order chi connectivity index (χ0) is 17.6. The lowest BCUT2D eigenvalue weighted by Gasteiger charge is -2.32. The zero-order valence-corrected chi connectivity index (χ0v) is 14.3. The van der Waals surface area contributed by atoms with Gasteiger partial charge >= 0.3 is 0 Å². The maximum atomic E-state index is 12.7. The lowest BCUT2D eigenvalue weighted by molar-refractivity contribution is 0.0702. The Bertz CT molecular complexity index is 763. The van der Waals surface area contributed by atoms with Gasteiger partial charge in [-0.05, 0) is 25.0 Å². The lowest BCUT2D eigenvalue weighted by Crippen LogP contribution is -2.39. The molecule has 1 aliphatic heterocycles. The number of likely N-dealkylation sites (tertiary alicyclic amines) is 1. The van der Waals surface area contributed by atoms with Gasteiger partial charge in [0.1, 0.15) is 17.6 Å². The van der Waals surface area contributed by atoms with Crippen LogP contribution in [-0.2, 0) is 11.3 Å². The molecule has 7 nitrogen and oxygen atoms in total. The molecular weight excluding hydrogens is 318 g/mol. The van der Waals surface area contributed by atoms with Gasteiger partial charge in [0.2, 0.25) is 0 Å². The molecule has 0 radical (unpaired) electrons. The van der Waals surface area contributed by atoms with Gasteiger partial charge in [0.05, 0.1) is 12.2 Å². The number of imidazole rings is 1. The highest BCUT2D eigenvalue weighted by Gasteiger charge is 2.28. The number of nitriles is 1. The summed E-state index contributed by atoms with van der Waals surface area (Å²) in [6.07, 6.45) is 7.19. The average molecular weight is 339 g/mol. The number of carbonyl (C=O) groups is 1. The molecule has 2 aromatic heterocycles. The fraction of sp³-hybridized carbons (Fsp3) is 0.444. The molecule has 1 fully saturated rings. The van der Waals surface area contributed by atoms with Crippen molar-refractivity contribution in [2.75, 3.05) is 26.8 Å². The van der Waals surface area contributed by atoms with Crippen molar-refractivity contribution in [3.8, 4) is 6.07 Å². The van der Waals surface area contributed by atoms with E-state index in [4.69, 9.17) is 10.00 Å². The van der Waals surface area contributed by atoms with Gasteiger partial charge in [0.15, 0.2) is 0 Å². The summed E-state index contributed by atoms with van der Waals surface area (Å²) >= 11 is 0. The van der Waals surface area contributed by atoms with E-state index in [1.165, 1.54) is 6.20 Å². The number of aromatic nitrogens is 3. The van der Waals surface area contributed by atoms with E-state index >= 15 is 0 Å². The Kier molecular flexibility index (Phi) is 5.41. The number of carbonyl (C=O) groups excluding carboxylic acids is 1. The molecule has 0 spiro atoms. The molecule has 0 aromatic carbocycles. The molecule has 7 heteroatoms. The number of nitrogens with zero attached hydrogens (tertiary/aromatic N) is 5. The molecule has 1 saturated heterocycles. The smallest absolute Gasteiger partial charge is 0.255 e. The summed E-state index contributed by atoms with van der Waals surface area (Å²) in [5, 5.41) is 8.82. The predicted octanol–water partition coefficient (Wildman–Crippen LogP) is 1.82. The highest BCUT2D eigenvalue weighted by atomic mass is 16.5. The van der Waals surface area contributed by atoms with E-state index in [-0.39, 0.29) is 11.8 Å². The Morgan fingerprint density at radius 1 is 1.44 bits per heavy atom. The van der Waals surface area contributed by atoms with Crippen molar-refractivity contribution in [1.82, 2.24) is 19.4 Å². The van der Waals surface area contributed by atoms with Gasteiger partial charge in [0, 0.05) is 51.3 Å². The van der Waals surface area contributed by atoms with Crippen molar-refractivity contribution < 1.29 is 9.53 Å². The quantitative estimate of drug-likeness (QED) is 0.829. The van der Waals surface area contributed by atoms with Crippen molar-refractivity contribution in [2.45, 2.75) is 25.3 Å². The Balaban J connectivity index is 1.71. The molecule has 25 heavy (non-hydrogen) atoms. The van der Waals surface area contributed by atoms with Crippen LogP contribution in [0.15, 0.2) is 30.7 Å². The van der Waals surface area contributed by atoms with E-state index in [0.717, 1.165) is 31.8 Å². The number of amides is 1. The normalized spacial score (nSPS) is 17.3. The first-order valence-corrected chi connectivity index (χ1v) is 8.38. The van der Waals surface area contributed by atoms with Gasteiger partial charge in [-0.3, -0.25) is 4.79 Å². The van der Waals surface area contributed by atoms with Crippen LogP contribution in [0.1, 0.15) is 40.6 Å². The molecule has 2 aromatic rings. The monoisotopic (exact) mass is 339 g/mol. The summed E-state index contributed by atoms with van der Waals surface area (Å²) in [4.78, 5) is 23.1. The Labute approximate surface area is 146 Å².